The van der Waals surface area contributed by atoms with Gasteiger partial charge in [-0.2, -0.15) is 0 Å². The Morgan fingerprint density at radius 3 is 1.53 bits per heavy atom. The second-order valence-electron chi connectivity index (χ2n) is 5.38. The second-order valence-corrected chi connectivity index (χ2v) is 8.47. The van der Waals surface area contributed by atoms with Crippen LogP contribution in [0.1, 0.15) is 77.6 Å². The van der Waals surface area contributed by atoms with E-state index in [4.69, 9.17) is 0 Å². The lowest BCUT2D eigenvalue weighted by molar-refractivity contribution is 0.558. The molecule has 0 bridgehead atoms. The minimum Gasteiger partial charge on any atom is -0.229 e. The molecule has 0 amide bonds. The third-order valence-corrected chi connectivity index (χ3v) is 5.86. The summed E-state index contributed by atoms with van der Waals surface area (Å²) in [6.07, 6.45) is 13.2. The van der Waals surface area contributed by atoms with Gasteiger partial charge in [-0.15, -0.1) is 0 Å². The molecule has 0 fully saturated rings. The SMILES string of the molecule is CCCS(=O)(=O)CCCCCCCCCCCCBr. The zero-order valence-electron chi connectivity index (χ0n) is 12.5. The van der Waals surface area contributed by atoms with Crippen molar-refractivity contribution in [2.24, 2.45) is 0 Å². The summed E-state index contributed by atoms with van der Waals surface area (Å²) in [6, 6.07) is 0. The fraction of sp³-hybridized carbons (Fsp3) is 1.00. The number of hydrogen-bond donors (Lipinski definition) is 0. The highest BCUT2D eigenvalue weighted by molar-refractivity contribution is 9.09. The molecule has 0 aliphatic rings. The second kappa shape index (κ2) is 13.4. The summed E-state index contributed by atoms with van der Waals surface area (Å²) in [5.41, 5.74) is 0. The first-order chi connectivity index (χ1) is 9.12. The van der Waals surface area contributed by atoms with Gasteiger partial charge in [-0.25, -0.2) is 8.42 Å². The standard InChI is InChI=1S/C15H31BrO2S/c1-2-14-19(17,18)15-12-10-8-6-4-3-5-7-9-11-13-16/h2-15H2,1H3. The largest absolute Gasteiger partial charge is 0.229 e. The van der Waals surface area contributed by atoms with Gasteiger partial charge < -0.3 is 0 Å². The van der Waals surface area contributed by atoms with Crippen molar-refractivity contribution in [2.45, 2.75) is 77.6 Å². The fourth-order valence-corrected chi connectivity index (χ4v) is 4.11. The summed E-state index contributed by atoms with van der Waals surface area (Å²) in [5, 5.41) is 1.13. The molecule has 19 heavy (non-hydrogen) atoms. The molecule has 0 radical (unpaired) electrons. The Morgan fingerprint density at radius 2 is 1.11 bits per heavy atom. The van der Waals surface area contributed by atoms with Gasteiger partial charge in [0.05, 0.1) is 5.75 Å². The third-order valence-electron chi connectivity index (χ3n) is 3.35. The van der Waals surface area contributed by atoms with Crippen LogP contribution in [0.3, 0.4) is 0 Å². The monoisotopic (exact) mass is 354 g/mol. The Hall–Kier alpha value is 0.430. The summed E-state index contributed by atoms with van der Waals surface area (Å²) in [7, 11) is -2.75. The fourth-order valence-electron chi connectivity index (χ4n) is 2.24. The molecule has 0 saturated heterocycles. The van der Waals surface area contributed by atoms with Crippen LogP contribution >= 0.6 is 15.9 Å². The van der Waals surface area contributed by atoms with Gasteiger partial charge in [-0.05, 0) is 19.3 Å². The van der Waals surface area contributed by atoms with Crippen molar-refractivity contribution in [3.8, 4) is 0 Å². The van der Waals surface area contributed by atoms with Crippen molar-refractivity contribution in [1.82, 2.24) is 0 Å². The smallest absolute Gasteiger partial charge is 0.150 e. The predicted molar refractivity (Wildman–Crippen MR) is 88.9 cm³/mol. The van der Waals surface area contributed by atoms with Crippen molar-refractivity contribution in [3.05, 3.63) is 0 Å². The lowest BCUT2D eigenvalue weighted by Gasteiger charge is -2.03. The molecule has 0 saturated carbocycles. The molecule has 0 aromatic heterocycles. The highest BCUT2D eigenvalue weighted by Crippen LogP contribution is 2.11. The van der Waals surface area contributed by atoms with Crippen LogP contribution in [0.25, 0.3) is 0 Å². The van der Waals surface area contributed by atoms with Crippen molar-refractivity contribution < 1.29 is 8.42 Å². The molecular formula is C15H31BrO2S. The molecule has 0 aromatic carbocycles. The van der Waals surface area contributed by atoms with Gasteiger partial charge in [0.25, 0.3) is 0 Å². The van der Waals surface area contributed by atoms with Gasteiger partial charge in [-0.1, -0.05) is 74.2 Å². The molecule has 0 rings (SSSR count). The van der Waals surface area contributed by atoms with Crippen LogP contribution in [0, 0.1) is 0 Å². The normalized spacial score (nSPS) is 11.9. The Balaban J connectivity index is 3.19. The maximum atomic E-state index is 11.5. The molecule has 116 valence electrons. The molecule has 0 atom stereocenters. The summed E-state index contributed by atoms with van der Waals surface area (Å²) in [5.74, 6) is 0.759. The van der Waals surface area contributed by atoms with E-state index in [1.165, 1.54) is 51.4 Å². The average molecular weight is 355 g/mol. The molecule has 0 spiro atoms. The Labute approximate surface area is 128 Å². The summed E-state index contributed by atoms with van der Waals surface area (Å²) in [6.45, 7) is 1.93. The lowest BCUT2D eigenvalue weighted by Crippen LogP contribution is -2.10. The highest BCUT2D eigenvalue weighted by atomic mass is 79.9. The Kier molecular flexibility index (Phi) is 13.7. The third kappa shape index (κ3) is 14.6. The summed E-state index contributed by atoms with van der Waals surface area (Å²) >= 11 is 3.45. The van der Waals surface area contributed by atoms with Crippen molar-refractivity contribution >= 4 is 25.8 Å². The topological polar surface area (TPSA) is 34.1 Å². The molecule has 0 aliphatic carbocycles. The summed E-state index contributed by atoms with van der Waals surface area (Å²) < 4.78 is 23.0. The van der Waals surface area contributed by atoms with E-state index in [0.717, 1.165) is 24.6 Å². The van der Waals surface area contributed by atoms with E-state index in [9.17, 15) is 8.42 Å². The van der Waals surface area contributed by atoms with Gasteiger partial charge in [0.15, 0.2) is 0 Å². The lowest BCUT2D eigenvalue weighted by atomic mass is 10.1. The number of halogens is 1. The van der Waals surface area contributed by atoms with Crippen molar-refractivity contribution in [2.75, 3.05) is 16.8 Å². The van der Waals surface area contributed by atoms with E-state index in [0.29, 0.717) is 11.5 Å². The average Bonchev–Trinajstić information content (AvgIpc) is 2.36. The molecule has 4 heteroatoms. The molecule has 0 heterocycles. The molecule has 0 N–H and O–H groups in total. The van der Waals surface area contributed by atoms with Gasteiger partial charge >= 0.3 is 0 Å². The van der Waals surface area contributed by atoms with E-state index in [-0.39, 0.29) is 0 Å². The highest BCUT2D eigenvalue weighted by Gasteiger charge is 2.07. The van der Waals surface area contributed by atoms with Crippen LogP contribution in [-0.2, 0) is 9.84 Å². The maximum Gasteiger partial charge on any atom is 0.150 e. The van der Waals surface area contributed by atoms with E-state index >= 15 is 0 Å². The van der Waals surface area contributed by atoms with Gasteiger partial charge in [0.1, 0.15) is 9.84 Å². The number of unbranched alkanes of at least 4 members (excludes halogenated alkanes) is 9. The van der Waals surface area contributed by atoms with Crippen LogP contribution < -0.4 is 0 Å². The molecule has 0 unspecified atom stereocenters. The van der Waals surface area contributed by atoms with Gasteiger partial charge in [0.2, 0.25) is 0 Å². The summed E-state index contributed by atoms with van der Waals surface area (Å²) in [4.78, 5) is 0. The van der Waals surface area contributed by atoms with Crippen LogP contribution in [0.15, 0.2) is 0 Å². The molecule has 0 aliphatic heterocycles. The van der Waals surface area contributed by atoms with E-state index in [2.05, 4.69) is 15.9 Å². The minimum absolute atomic E-state index is 0.362. The molecule has 2 nitrogen and oxygen atoms in total. The van der Waals surface area contributed by atoms with Gasteiger partial charge in [-0.3, -0.25) is 0 Å². The van der Waals surface area contributed by atoms with Crippen molar-refractivity contribution in [3.63, 3.8) is 0 Å². The van der Waals surface area contributed by atoms with Gasteiger partial charge in [0, 0.05) is 11.1 Å². The zero-order valence-corrected chi connectivity index (χ0v) is 14.9. The maximum absolute atomic E-state index is 11.5. The predicted octanol–water partition coefficient (Wildman–Crippen LogP) is 5.11. The number of hydrogen-bond acceptors (Lipinski definition) is 2. The quantitative estimate of drug-likeness (QED) is 0.321. The molecule has 0 aromatic rings. The minimum atomic E-state index is -2.75. The number of sulfone groups is 1. The van der Waals surface area contributed by atoms with Crippen molar-refractivity contribution in [1.29, 1.82) is 0 Å². The van der Waals surface area contributed by atoms with Crippen LogP contribution in [0.4, 0.5) is 0 Å². The Bertz CT molecular complexity index is 276. The number of alkyl halides is 1. The Morgan fingerprint density at radius 1 is 0.684 bits per heavy atom. The first kappa shape index (κ1) is 19.4. The van der Waals surface area contributed by atoms with E-state index < -0.39 is 9.84 Å². The van der Waals surface area contributed by atoms with E-state index in [1.807, 2.05) is 6.92 Å². The number of rotatable bonds is 14. The first-order valence-electron chi connectivity index (χ1n) is 7.89. The van der Waals surface area contributed by atoms with Crippen LogP contribution in [0.2, 0.25) is 0 Å². The van der Waals surface area contributed by atoms with Crippen LogP contribution in [-0.4, -0.2) is 25.3 Å². The molecular weight excluding hydrogens is 324 g/mol. The first-order valence-corrected chi connectivity index (χ1v) is 10.8. The zero-order chi connectivity index (χ0) is 14.4. The van der Waals surface area contributed by atoms with Crippen LogP contribution in [0.5, 0.6) is 0 Å². The van der Waals surface area contributed by atoms with E-state index in [1.54, 1.807) is 0 Å².